The molecule has 0 unspecified atom stereocenters. The average Bonchev–Trinajstić information content (AvgIpc) is 2.75. The van der Waals surface area contributed by atoms with E-state index in [2.05, 4.69) is 11.4 Å². The molecule has 30 heavy (non-hydrogen) atoms. The Labute approximate surface area is 190 Å². The molecule has 0 aromatic heterocycles. The molecule has 0 aliphatic heterocycles. The minimum atomic E-state index is -0.352. The van der Waals surface area contributed by atoms with Gasteiger partial charge in [0.15, 0.2) is 0 Å². The first-order valence-electron chi connectivity index (χ1n) is 9.15. The minimum Gasteiger partial charge on any atom is -0.312 e. The van der Waals surface area contributed by atoms with E-state index in [0.29, 0.717) is 14.8 Å². The van der Waals surface area contributed by atoms with Gasteiger partial charge in [-0.2, -0.15) is 5.26 Å². The number of rotatable bonds is 6. The molecule has 0 saturated heterocycles. The monoisotopic (exact) mass is 450 g/mol. The van der Waals surface area contributed by atoms with Crippen LogP contribution < -0.4 is 5.32 Å². The topological polar surface area (TPSA) is 52.9 Å². The molecule has 0 radical (unpaired) electrons. The van der Waals surface area contributed by atoms with Gasteiger partial charge in [-0.25, -0.2) is 0 Å². The smallest absolute Gasteiger partial charge is 0.256 e. The van der Waals surface area contributed by atoms with E-state index >= 15 is 0 Å². The third-order valence-electron chi connectivity index (χ3n) is 4.12. The standard InChI is InChI=1S/C24H19ClN2OS2/c1-16-3-11-20(12-4-16)29-24(30-21-13-5-17(2)6-14-21)22(15-26)27-23(28)18-7-9-19(25)10-8-18/h3-14H,1-2H3,(H,27,28). The van der Waals surface area contributed by atoms with Gasteiger partial charge in [0, 0.05) is 20.4 Å². The van der Waals surface area contributed by atoms with Gasteiger partial charge >= 0.3 is 0 Å². The Morgan fingerprint density at radius 2 is 1.30 bits per heavy atom. The van der Waals surface area contributed by atoms with Crippen molar-refractivity contribution in [3.8, 4) is 6.07 Å². The van der Waals surface area contributed by atoms with E-state index in [4.69, 9.17) is 11.6 Å². The van der Waals surface area contributed by atoms with Crippen molar-refractivity contribution in [2.24, 2.45) is 0 Å². The summed E-state index contributed by atoms with van der Waals surface area (Å²) in [5, 5.41) is 13.1. The lowest BCUT2D eigenvalue weighted by Crippen LogP contribution is -2.22. The van der Waals surface area contributed by atoms with E-state index in [-0.39, 0.29) is 11.6 Å². The second-order valence-electron chi connectivity index (χ2n) is 6.57. The Bertz CT molecular complexity index is 1050. The molecule has 3 rings (SSSR count). The number of benzene rings is 3. The first-order chi connectivity index (χ1) is 14.4. The van der Waals surface area contributed by atoms with Crippen LogP contribution in [0.4, 0.5) is 0 Å². The van der Waals surface area contributed by atoms with Crippen LogP contribution in [-0.2, 0) is 0 Å². The van der Waals surface area contributed by atoms with E-state index in [1.54, 1.807) is 24.3 Å². The van der Waals surface area contributed by atoms with Gasteiger partial charge in [0.25, 0.3) is 5.91 Å². The molecule has 0 atom stereocenters. The number of carbonyl (C=O) groups excluding carboxylic acids is 1. The predicted molar refractivity (Wildman–Crippen MR) is 126 cm³/mol. The molecule has 0 bridgehead atoms. The maximum absolute atomic E-state index is 12.7. The van der Waals surface area contributed by atoms with Gasteiger partial charge in [-0.15, -0.1) is 0 Å². The molecule has 0 spiro atoms. The van der Waals surface area contributed by atoms with Crippen LogP contribution in [0, 0.1) is 25.2 Å². The normalized spacial score (nSPS) is 10.2. The van der Waals surface area contributed by atoms with Gasteiger partial charge in [0.05, 0.1) is 4.24 Å². The molecule has 0 aliphatic carbocycles. The molecule has 3 aromatic rings. The van der Waals surface area contributed by atoms with Crippen molar-refractivity contribution < 1.29 is 4.79 Å². The molecule has 0 fully saturated rings. The number of allylic oxidation sites excluding steroid dienone is 1. The van der Waals surface area contributed by atoms with Crippen LogP contribution in [0.5, 0.6) is 0 Å². The molecule has 0 heterocycles. The zero-order valence-electron chi connectivity index (χ0n) is 16.5. The highest BCUT2D eigenvalue weighted by Gasteiger charge is 2.15. The highest BCUT2D eigenvalue weighted by Crippen LogP contribution is 2.41. The number of halogens is 1. The average molecular weight is 451 g/mol. The summed E-state index contributed by atoms with van der Waals surface area (Å²) in [6.45, 7) is 4.05. The summed E-state index contributed by atoms with van der Waals surface area (Å²) in [4.78, 5) is 14.6. The molecule has 150 valence electrons. The van der Waals surface area contributed by atoms with Crippen molar-refractivity contribution in [1.82, 2.24) is 5.32 Å². The lowest BCUT2D eigenvalue weighted by molar-refractivity contribution is 0.0967. The number of thioether (sulfide) groups is 2. The number of nitrogens with one attached hydrogen (secondary N) is 1. The molecule has 1 N–H and O–H groups in total. The summed E-state index contributed by atoms with van der Waals surface area (Å²) in [5.74, 6) is -0.352. The maximum Gasteiger partial charge on any atom is 0.256 e. The quantitative estimate of drug-likeness (QED) is 0.325. The second kappa shape index (κ2) is 10.4. The van der Waals surface area contributed by atoms with E-state index in [1.807, 2.05) is 62.4 Å². The van der Waals surface area contributed by atoms with Crippen LogP contribution in [0.3, 0.4) is 0 Å². The Balaban J connectivity index is 1.92. The Hall–Kier alpha value is -2.65. The highest BCUT2D eigenvalue weighted by molar-refractivity contribution is 8.22. The second-order valence-corrected chi connectivity index (χ2v) is 9.43. The van der Waals surface area contributed by atoms with E-state index < -0.39 is 0 Å². The van der Waals surface area contributed by atoms with Crippen molar-refractivity contribution in [3.63, 3.8) is 0 Å². The lowest BCUT2D eigenvalue weighted by Gasteiger charge is -2.12. The van der Waals surface area contributed by atoms with Crippen molar-refractivity contribution in [2.75, 3.05) is 0 Å². The fourth-order valence-electron chi connectivity index (χ4n) is 2.46. The molecule has 3 nitrogen and oxygen atoms in total. The Morgan fingerprint density at radius 1 is 0.833 bits per heavy atom. The van der Waals surface area contributed by atoms with Crippen LogP contribution >= 0.6 is 35.1 Å². The van der Waals surface area contributed by atoms with Crippen molar-refractivity contribution in [3.05, 3.63) is 104 Å². The molecule has 6 heteroatoms. The first kappa shape index (κ1) is 22.0. The van der Waals surface area contributed by atoms with E-state index in [9.17, 15) is 10.1 Å². The largest absolute Gasteiger partial charge is 0.312 e. The fourth-order valence-corrected chi connectivity index (χ4v) is 4.70. The van der Waals surface area contributed by atoms with Crippen molar-refractivity contribution in [1.29, 1.82) is 5.26 Å². The van der Waals surface area contributed by atoms with Gasteiger partial charge in [-0.05, 0) is 62.4 Å². The number of carbonyl (C=O) groups is 1. The summed E-state index contributed by atoms with van der Waals surface area (Å²) in [7, 11) is 0. The summed E-state index contributed by atoms with van der Waals surface area (Å²) < 4.78 is 0.701. The number of amides is 1. The summed E-state index contributed by atoms with van der Waals surface area (Å²) in [5.41, 5.74) is 2.97. The van der Waals surface area contributed by atoms with E-state index in [0.717, 1.165) is 20.9 Å². The van der Waals surface area contributed by atoms with Crippen LogP contribution in [0.2, 0.25) is 5.02 Å². The summed E-state index contributed by atoms with van der Waals surface area (Å²) in [6.07, 6.45) is 0. The number of hydrogen-bond donors (Lipinski definition) is 1. The predicted octanol–water partition coefficient (Wildman–Crippen LogP) is 6.96. The zero-order valence-corrected chi connectivity index (χ0v) is 18.9. The summed E-state index contributed by atoms with van der Waals surface area (Å²) >= 11 is 8.81. The number of hydrogen-bond acceptors (Lipinski definition) is 4. The van der Waals surface area contributed by atoms with Gasteiger partial charge in [0.2, 0.25) is 0 Å². The van der Waals surface area contributed by atoms with Gasteiger partial charge < -0.3 is 5.32 Å². The molecular formula is C24H19ClN2OS2. The van der Waals surface area contributed by atoms with Crippen molar-refractivity contribution >= 4 is 41.0 Å². The molecule has 3 aromatic carbocycles. The number of nitriles is 1. The van der Waals surface area contributed by atoms with Gasteiger partial charge in [-0.1, -0.05) is 70.5 Å². The maximum atomic E-state index is 12.7. The third-order valence-corrected chi connectivity index (χ3v) is 6.67. The zero-order chi connectivity index (χ0) is 21.5. The Kier molecular flexibility index (Phi) is 7.64. The van der Waals surface area contributed by atoms with Crippen LogP contribution in [-0.4, -0.2) is 5.91 Å². The number of nitrogens with zero attached hydrogens (tertiary/aromatic N) is 1. The number of aryl methyl sites for hydroxylation is 2. The summed E-state index contributed by atoms with van der Waals surface area (Å²) in [6, 6.07) is 24.8. The third kappa shape index (κ3) is 6.17. The van der Waals surface area contributed by atoms with E-state index in [1.165, 1.54) is 23.5 Å². The lowest BCUT2D eigenvalue weighted by atomic mass is 10.2. The van der Waals surface area contributed by atoms with Crippen LogP contribution in [0.15, 0.2) is 92.5 Å². The fraction of sp³-hybridized carbons (Fsp3) is 0.0833. The van der Waals surface area contributed by atoms with Crippen molar-refractivity contribution in [2.45, 2.75) is 23.6 Å². The SMILES string of the molecule is Cc1ccc(SC(Sc2ccc(C)cc2)=C(C#N)NC(=O)c2ccc(Cl)cc2)cc1. The molecular weight excluding hydrogens is 432 g/mol. The molecule has 0 aliphatic rings. The first-order valence-corrected chi connectivity index (χ1v) is 11.2. The van der Waals surface area contributed by atoms with Crippen LogP contribution in [0.25, 0.3) is 0 Å². The van der Waals surface area contributed by atoms with Gasteiger partial charge in [-0.3, -0.25) is 4.79 Å². The minimum absolute atomic E-state index is 0.214. The molecule has 0 saturated carbocycles. The van der Waals surface area contributed by atoms with Gasteiger partial charge in [0.1, 0.15) is 11.8 Å². The highest BCUT2D eigenvalue weighted by atomic mass is 35.5. The molecule has 1 amide bonds. The van der Waals surface area contributed by atoms with Crippen LogP contribution in [0.1, 0.15) is 21.5 Å². The Morgan fingerprint density at radius 3 is 1.73 bits per heavy atom.